The predicted octanol–water partition coefficient (Wildman–Crippen LogP) is 3.88. The molecule has 7 nitrogen and oxygen atoms in total. The first-order chi connectivity index (χ1) is 18.4. The van der Waals surface area contributed by atoms with Crippen LogP contribution in [0.5, 0.6) is 0 Å². The zero-order chi connectivity index (χ0) is 28.6. The zero-order valence-electron chi connectivity index (χ0n) is 23.8. The molecule has 3 fully saturated rings. The molecule has 3 saturated heterocycles. The van der Waals surface area contributed by atoms with E-state index in [0.29, 0.717) is 32.5 Å². The molecule has 2 bridgehead atoms. The molecule has 5 atom stereocenters. The lowest BCUT2D eigenvalue weighted by Crippen LogP contribution is -2.59. The molecular formula is C31H43N3O4S. The molecule has 1 spiro atoms. The Bertz CT molecular complexity index is 1120. The van der Waals surface area contributed by atoms with Gasteiger partial charge >= 0.3 is 0 Å². The smallest absolute Gasteiger partial charge is 0.247 e. The molecule has 3 aliphatic rings. The van der Waals surface area contributed by atoms with Crippen molar-refractivity contribution >= 4 is 29.5 Å². The maximum atomic E-state index is 14.4. The predicted molar refractivity (Wildman–Crippen MR) is 156 cm³/mol. The summed E-state index contributed by atoms with van der Waals surface area (Å²) in [5, 5.41) is 9.62. The summed E-state index contributed by atoms with van der Waals surface area (Å²) in [5.41, 5.74) is 0.548. The van der Waals surface area contributed by atoms with Gasteiger partial charge in [0.1, 0.15) is 6.04 Å². The van der Waals surface area contributed by atoms with E-state index < -0.39 is 32.9 Å². The number of aliphatic hydroxyl groups excluding tert-OH is 1. The second-order valence-corrected chi connectivity index (χ2v) is 14.1. The second-order valence-electron chi connectivity index (χ2n) is 12.2. The van der Waals surface area contributed by atoms with Gasteiger partial charge in [0.15, 0.2) is 0 Å². The van der Waals surface area contributed by atoms with Crippen molar-refractivity contribution in [2.24, 2.45) is 11.8 Å². The lowest BCUT2D eigenvalue weighted by atomic mass is 9.66. The van der Waals surface area contributed by atoms with Gasteiger partial charge < -0.3 is 19.8 Å². The number of aliphatic hydroxyl groups is 1. The van der Waals surface area contributed by atoms with Crippen LogP contribution < -0.4 is 0 Å². The number of fused-ring (bicyclic) bond motifs is 1. The Morgan fingerprint density at radius 1 is 1.13 bits per heavy atom. The highest BCUT2D eigenvalue weighted by molar-refractivity contribution is 8.02. The highest BCUT2D eigenvalue weighted by Crippen LogP contribution is 2.71. The summed E-state index contributed by atoms with van der Waals surface area (Å²) in [6, 6.07) is 9.16. The SMILES string of the molecule is C=CCN(Cc1ccccc1)C(=O)[C@H]1[C@H]2C(=O)N(CCCO)C(C(=O)N(CC=C)C(C)(C)C)C23CC[C@]1(C)S3. The van der Waals surface area contributed by atoms with E-state index in [1.54, 1.807) is 38.6 Å². The Labute approximate surface area is 237 Å². The molecule has 1 N–H and O–H groups in total. The fraction of sp³-hybridized carbons (Fsp3) is 0.581. The molecule has 3 amide bonds. The maximum absolute atomic E-state index is 14.4. The number of benzene rings is 1. The summed E-state index contributed by atoms with van der Waals surface area (Å²) in [4.78, 5) is 48.3. The van der Waals surface area contributed by atoms with Crippen LogP contribution in [0.3, 0.4) is 0 Å². The summed E-state index contributed by atoms with van der Waals surface area (Å²) >= 11 is 1.68. The Balaban J connectivity index is 1.76. The van der Waals surface area contributed by atoms with Crippen LogP contribution in [-0.2, 0) is 20.9 Å². The number of carbonyl (C=O) groups is 3. The molecule has 8 heteroatoms. The molecule has 4 rings (SSSR count). The van der Waals surface area contributed by atoms with Gasteiger partial charge in [-0.2, -0.15) is 0 Å². The topological polar surface area (TPSA) is 81.2 Å². The molecule has 212 valence electrons. The van der Waals surface area contributed by atoms with E-state index >= 15 is 0 Å². The van der Waals surface area contributed by atoms with Gasteiger partial charge in [-0.25, -0.2) is 0 Å². The van der Waals surface area contributed by atoms with Gasteiger partial charge in [0, 0.05) is 43.1 Å². The van der Waals surface area contributed by atoms with E-state index in [0.717, 1.165) is 12.0 Å². The molecular weight excluding hydrogens is 510 g/mol. The van der Waals surface area contributed by atoms with Gasteiger partial charge in [0.2, 0.25) is 17.7 Å². The van der Waals surface area contributed by atoms with Crippen LogP contribution in [0.25, 0.3) is 0 Å². The van der Waals surface area contributed by atoms with Crippen LogP contribution in [0, 0.1) is 11.8 Å². The largest absolute Gasteiger partial charge is 0.396 e. The van der Waals surface area contributed by atoms with E-state index in [1.807, 2.05) is 51.1 Å². The van der Waals surface area contributed by atoms with Crippen molar-refractivity contribution in [3.63, 3.8) is 0 Å². The first kappa shape index (κ1) is 29.4. The summed E-state index contributed by atoms with van der Waals surface area (Å²) in [5.74, 6) is -1.42. The number of thioether (sulfide) groups is 1. The highest BCUT2D eigenvalue weighted by Gasteiger charge is 2.77. The molecule has 2 unspecified atom stereocenters. The van der Waals surface area contributed by atoms with Gasteiger partial charge in [-0.05, 0) is 52.5 Å². The van der Waals surface area contributed by atoms with E-state index in [9.17, 15) is 19.5 Å². The average molecular weight is 554 g/mol. The lowest BCUT2D eigenvalue weighted by molar-refractivity contribution is -0.146. The molecule has 0 aliphatic carbocycles. The quantitative estimate of drug-likeness (QED) is 0.421. The Morgan fingerprint density at radius 3 is 2.38 bits per heavy atom. The third kappa shape index (κ3) is 5.06. The Hall–Kier alpha value is -2.58. The van der Waals surface area contributed by atoms with Crippen molar-refractivity contribution < 1.29 is 19.5 Å². The summed E-state index contributed by atoms with van der Waals surface area (Å²) in [6.45, 7) is 17.2. The van der Waals surface area contributed by atoms with E-state index in [1.165, 1.54) is 0 Å². The summed E-state index contributed by atoms with van der Waals surface area (Å²) in [6.07, 6.45) is 5.29. The van der Waals surface area contributed by atoms with Crippen molar-refractivity contribution in [2.45, 2.75) is 74.6 Å². The van der Waals surface area contributed by atoms with Crippen LogP contribution in [0.4, 0.5) is 0 Å². The maximum Gasteiger partial charge on any atom is 0.247 e. The number of nitrogens with zero attached hydrogens (tertiary/aromatic N) is 3. The Kier molecular flexibility index (Phi) is 8.39. The fourth-order valence-electron chi connectivity index (χ4n) is 6.92. The van der Waals surface area contributed by atoms with E-state index in [2.05, 4.69) is 20.1 Å². The summed E-state index contributed by atoms with van der Waals surface area (Å²) in [7, 11) is 0. The van der Waals surface area contributed by atoms with E-state index in [-0.39, 0.29) is 30.9 Å². The third-order valence-electron chi connectivity index (χ3n) is 8.60. The highest BCUT2D eigenvalue weighted by atomic mass is 32.2. The number of carbonyl (C=O) groups excluding carboxylic acids is 3. The normalized spacial score (nSPS) is 29.3. The number of rotatable bonds is 11. The molecule has 3 heterocycles. The Morgan fingerprint density at radius 2 is 1.79 bits per heavy atom. The van der Waals surface area contributed by atoms with Crippen LogP contribution in [-0.4, -0.2) is 84.8 Å². The van der Waals surface area contributed by atoms with Gasteiger partial charge in [-0.1, -0.05) is 42.5 Å². The van der Waals surface area contributed by atoms with Crippen molar-refractivity contribution in [1.29, 1.82) is 0 Å². The molecule has 0 saturated carbocycles. The molecule has 0 radical (unpaired) electrons. The van der Waals surface area contributed by atoms with Gasteiger partial charge in [-0.15, -0.1) is 24.9 Å². The molecule has 3 aliphatic heterocycles. The second kappa shape index (κ2) is 11.1. The summed E-state index contributed by atoms with van der Waals surface area (Å²) < 4.78 is -1.13. The van der Waals surface area contributed by atoms with Crippen LogP contribution >= 0.6 is 11.8 Å². The monoisotopic (exact) mass is 553 g/mol. The molecule has 39 heavy (non-hydrogen) atoms. The van der Waals surface area contributed by atoms with Crippen LogP contribution in [0.1, 0.15) is 52.5 Å². The number of likely N-dealkylation sites (tertiary alicyclic amines) is 1. The van der Waals surface area contributed by atoms with Crippen molar-refractivity contribution in [3.05, 3.63) is 61.2 Å². The first-order valence-corrected chi connectivity index (χ1v) is 14.7. The first-order valence-electron chi connectivity index (χ1n) is 13.9. The van der Waals surface area contributed by atoms with Gasteiger partial charge in [0.05, 0.1) is 16.6 Å². The number of hydrogen-bond donors (Lipinski definition) is 1. The van der Waals surface area contributed by atoms with Gasteiger partial charge in [-0.3, -0.25) is 14.4 Å². The minimum atomic E-state index is -0.688. The average Bonchev–Trinajstić information content (AvgIpc) is 3.45. The van der Waals surface area contributed by atoms with Gasteiger partial charge in [0.25, 0.3) is 0 Å². The zero-order valence-corrected chi connectivity index (χ0v) is 24.6. The minimum absolute atomic E-state index is 0.0531. The fourth-order valence-corrected chi connectivity index (χ4v) is 9.27. The van der Waals surface area contributed by atoms with Crippen LogP contribution in [0.15, 0.2) is 55.6 Å². The number of hydrogen-bond acceptors (Lipinski definition) is 5. The van der Waals surface area contributed by atoms with Crippen molar-refractivity contribution in [1.82, 2.24) is 14.7 Å². The molecule has 0 aromatic heterocycles. The number of amides is 3. The third-order valence-corrected chi connectivity index (χ3v) is 10.6. The van der Waals surface area contributed by atoms with Crippen molar-refractivity contribution in [2.75, 3.05) is 26.2 Å². The lowest BCUT2D eigenvalue weighted by Gasteiger charge is -2.42. The minimum Gasteiger partial charge on any atom is -0.396 e. The molecule has 1 aromatic carbocycles. The standard InChI is InChI=1S/C31H43N3O4S/c1-7-17-32(21-22-13-10-9-11-14-22)26(36)23-24-27(37)33(19-12-20-35)25(31(24)16-15-30(23,6)39-31)28(38)34(18-8-2)29(3,4)5/h7-11,13-14,23-25,35H,1-2,12,15-21H2,3-6H3/t23-,24+,25?,30+,31?/m1/s1. The molecule has 1 aromatic rings. The van der Waals surface area contributed by atoms with Crippen LogP contribution in [0.2, 0.25) is 0 Å². The van der Waals surface area contributed by atoms with Crippen molar-refractivity contribution in [3.8, 4) is 0 Å². The van der Waals surface area contributed by atoms with E-state index in [4.69, 9.17) is 0 Å².